The number of rotatable bonds is 4. The maximum atomic E-state index is 12.4. The third-order valence-corrected chi connectivity index (χ3v) is 5.42. The third-order valence-electron chi connectivity index (χ3n) is 4.02. The monoisotopic (exact) mass is 334 g/mol. The summed E-state index contributed by atoms with van der Waals surface area (Å²) in [7, 11) is 2.29. The molecule has 0 spiro atoms. The van der Waals surface area contributed by atoms with Gasteiger partial charge in [-0.1, -0.05) is 6.07 Å². The summed E-state index contributed by atoms with van der Waals surface area (Å²) >= 11 is 0. The number of piperidine rings is 1. The first-order valence-electron chi connectivity index (χ1n) is 7.79. The van der Waals surface area contributed by atoms with Gasteiger partial charge in [0.2, 0.25) is 0 Å². The van der Waals surface area contributed by atoms with E-state index in [1.54, 1.807) is 24.5 Å². The Morgan fingerprint density at radius 1 is 1.39 bits per heavy atom. The van der Waals surface area contributed by atoms with Crippen LogP contribution in [-0.2, 0) is 11.0 Å². The fraction of sp³-hybridized carbons (Fsp3) is 0.438. The molecule has 124 valence electrons. The summed E-state index contributed by atoms with van der Waals surface area (Å²) in [6.07, 6.45) is 2.07. The van der Waals surface area contributed by atoms with E-state index in [1.807, 2.05) is 18.2 Å². The molecule has 1 amide bonds. The number of H-pyrrole nitrogens is 1. The first-order valence-corrected chi connectivity index (χ1v) is 8.89. The summed E-state index contributed by atoms with van der Waals surface area (Å²) in [4.78, 5) is 16.3. The van der Waals surface area contributed by atoms with Crippen LogP contribution in [0.1, 0.15) is 23.3 Å². The van der Waals surface area contributed by atoms with Crippen LogP contribution in [0, 0.1) is 0 Å². The molecule has 1 aliphatic rings. The molecule has 23 heavy (non-hydrogen) atoms. The summed E-state index contributed by atoms with van der Waals surface area (Å²) in [5.41, 5.74) is 1.33. The average molecular weight is 334 g/mol. The summed E-state index contributed by atoms with van der Waals surface area (Å²) in [5, 5.41) is 7.16. The van der Waals surface area contributed by atoms with Crippen LogP contribution in [0.25, 0.3) is 10.9 Å². The molecule has 1 aromatic heterocycles. The molecule has 1 saturated heterocycles. The van der Waals surface area contributed by atoms with Gasteiger partial charge in [-0.2, -0.15) is 0 Å². The van der Waals surface area contributed by atoms with Crippen LogP contribution < -0.4 is 10.6 Å². The van der Waals surface area contributed by atoms with E-state index in [2.05, 4.69) is 15.6 Å². The average Bonchev–Trinajstić information content (AvgIpc) is 2.99. The van der Waals surface area contributed by atoms with Crippen LogP contribution >= 0.6 is 0 Å². The highest BCUT2D eigenvalue weighted by Gasteiger charge is 2.19. The molecule has 0 radical (unpaired) electrons. The molecule has 2 aromatic rings. The van der Waals surface area contributed by atoms with Crippen molar-refractivity contribution < 1.29 is 9.00 Å². The molecule has 3 N–H and O–H groups in total. The van der Waals surface area contributed by atoms with E-state index in [1.165, 1.54) is 0 Å². The highest BCUT2D eigenvalue weighted by atomic mass is 32.2. The zero-order valence-electron chi connectivity index (χ0n) is 13.4. The van der Waals surface area contributed by atoms with E-state index in [9.17, 15) is 9.00 Å². The van der Waals surface area contributed by atoms with Crippen molar-refractivity contribution in [2.24, 2.45) is 0 Å². The van der Waals surface area contributed by atoms with Crippen molar-refractivity contribution in [2.75, 3.05) is 27.2 Å². The second-order valence-electron chi connectivity index (χ2n) is 5.98. The molecule has 1 aliphatic heterocycles. The number of hydrogen-bond acceptors (Lipinski definition) is 3. The Kier molecular flexibility index (Phi) is 4.79. The molecule has 0 bridgehead atoms. The molecular formula is C16H22N4O2S. The van der Waals surface area contributed by atoms with Crippen LogP contribution in [0.15, 0.2) is 29.2 Å². The minimum absolute atomic E-state index is 0.114. The molecule has 2 atom stereocenters. The highest BCUT2D eigenvalue weighted by Crippen LogP contribution is 2.23. The first kappa shape index (κ1) is 16.2. The Hall–Kier alpha value is -1.70. The second-order valence-corrected chi connectivity index (χ2v) is 7.65. The molecule has 1 unspecified atom stereocenters. The van der Waals surface area contributed by atoms with Crippen LogP contribution in [0.5, 0.6) is 0 Å². The van der Waals surface area contributed by atoms with Gasteiger partial charge in [0.05, 0.1) is 4.90 Å². The predicted octanol–water partition coefficient (Wildman–Crippen LogP) is 1.23. The summed E-state index contributed by atoms with van der Waals surface area (Å²) < 4.78 is 14.0. The summed E-state index contributed by atoms with van der Waals surface area (Å²) in [6.45, 7) is 1.82. The van der Waals surface area contributed by atoms with Crippen molar-refractivity contribution in [1.82, 2.24) is 19.9 Å². The molecule has 7 heteroatoms. The Bertz CT molecular complexity index is 735. The molecule has 0 saturated carbocycles. The van der Waals surface area contributed by atoms with Gasteiger partial charge in [0.15, 0.2) is 0 Å². The SMILES string of the molecule is CN(C)S(=O)c1cccc2[nH]c(C(=O)N[C@H]3CCCNC3)cc12. The van der Waals surface area contributed by atoms with Gasteiger partial charge in [0.25, 0.3) is 5.91 Å². The lowest BCUT2D eigenvalue weighted by molar-refractivity contribution is 0.0926. The van der Waals surface area contributed by atoms with Gasteiger partial charge in [0.1, 0.15) is 16.7 Å². The fourth-order valence-electron chi connectivity index (χ4n) is 2.84. The lowest BCUT2D eigenvalue weighted by Gasteiger charge is -2.23. The maximum absolute atomic E-state index is 12.4. The predicted molar refractivity (Wildman–Crippen MR) is 91.8 cm³/mol. The van der Waals surface area contributed by atoms with Gasteiger partial charge in [-0.15, -0.1) is 0 Å². The number of aromatic nitrogens is 1. The van der Waals surface area contributed by atoms with E-state index in [0.717, 1.165) is 36.8 Å². The molecule has 2 heterocycles. The number of carbonyl (C=O) groups excluding carboxylic acids is 1. The van der Waals surface area contributed by atoms with E-state index in [-0.39, 0.29) is 11.9 Å². The molecule has 6 nitrogen and oxygen atoms in total. The van der Waals surface area contributed by atoms with Gasteiger partial charge in [-0.05, 0) is 51.7 Å². The zero-order chi connectivity index (χ0) is 16.4. The molecular weight excluding hydrogens is 312 g/mol. The number of nitrogens with zero attached hydrogens (tertiary/aromatic N) is 1. The number of benzene rings is 1. The van der Waals surface area contributed by atoms with E-state index >= 15 is 0 Å². The lowest BCUT2D eigenvalue weighted by atomic mass is 10.1. The van der Waals surface area contributed by atoms with Crippen molar-refractivity contribution in [1.29, 1.82) is 0 Å². The Morgan fingerprint density at radius 2 is 2.22 bits per heavy atom. The van der Waals surface area contributed by atoms with Crippen molar-refractivity contribution in [2.45, 2.75) is 23.8 Å². The van der Waals surface area contributed by atoms with Crippen LogP contribution in [0.3, 0.4) is 0 Å². The Morgan fingerprint density at radius 3 is 2.91 bits per heavy atom. The lowest BCUT2D eigenvalue weighted by Crippen LogP contribution is -2.45. The smallest absolute Gasteiger partial charge is 0.267 e. The summed E-state index contributed by atoms with van der Waals surface area (Å²) in [6, 6.07) is 7.53. The Balaban J connectivity index is 1.86. The van der Waals surface area contributed by atoms with E-state index < -0.39 is 11.0 Å². The molecule has 1 aromatic carbocycles. The second kappa shape index (κ2) is 6.82. The normalized spacial score (nSPS) is 19.9. The standard InChI is InChI=1S/C16H22N4O2S/c1-20(2)23(22)15-7-3-6-13-12(15)9-14(19-13)16(21)18-11-5-4-8-17-10-11/h3,6-7,9,11,17,19H,4-5,8,10H2,1-2H3,(H,18,21)/t11-,23?/m0/s1. The van der Waals surface area contributed by atoms with Crippen molar-refractivity contribution in [3.8, 4) is 0 Å². The Labute approximate surface area is 138 Å². The number of fused-ring (bicyclic) bond motifs is 1. The van der Waals surface area contributed by atoms with Gasteiger partial charge in [-0.3, -0.25) is 4.79 Å². The maximum Gasteiger partial charge on any atom is 0.267 e. The van der Waals surface area contributed by atoms with Gasteiger partial charge in [0, 0.05) is 23.5 Å². The third kappa shape index (κ3) is 3.46. The van der Waals surface area contributed by atoms with Gasteiger partial charge in [-0.25, -0.2) is 8.51 Å². The van der Waals surface area contributed by atoms with Crippen LogP contribution in [0.2, 0.25) is 0 Å². The van der Waals surface area contributed by atoms with Crippen LogP contribution in [0.4, 0.5) is 0 Å². The minimum Gasteiger partial charge on any atom is -0.350 e. The minimum atomic E-state index is -1.24. The number of carbonyl (C=O) groups is 1. The molecule has 1 fully saturated rings. The molecule has 3 rings (SSSR count). The quantitative estimate of drug-likeness (QED) is 0.787. The number of amides is 1. The zero-order valence-corrected chi connectivity index (χ0v) is 14.2. The molecule has 0 aliphatic carbocycles. The van der Waals surface area contributed by atoms with Gasteiger partial charge < -0.3 is 15.6 Å². The fourth-order valence-corrected chi connectivity index (χ4v) is 3.78. The van der Waals surface area contributed by atoms with Crippen molar-refractivity contribution in [3.05, 3.63) is 30.0 Å². The highest BCUT2D eigenvalue weighted by molar-refractivity contribution is 7.82. The van der Waals surface area contributed by atoms with E-state index in [0.29, 0.717) is 10.6 Å². The van der Waals surface area contributed by atoms with Crippen molar-refractivity contribution in [3.63, 3.8) is 0 Å². The van der Waals surface area contributed by atoms with Gasteiger partial charge >= 0.3 is 0 Å². The number of aromatic amines is 1. The van der Waals surface area contributed by atoms with Crippen molar-refractivity contribution >= 4 is 27.8 Å². The number of nitrogens with one attached hydrogen (secondary N) is 3. The largest absolute Gasteiger partial charge is 0.350 e. The summed E-state index contributed by atoms with van der Waals surface area (Å²) in [5.74, 6) is -0.114. The number of hydrogen-bond donors (Lipinski definition) is 3. The van der Waals surface area contributed by atoms with E-state index in [4.69, 9.17) is 0 Å². The first-order chi connectivity index (χ1) is 11.1. The topological polar surface area (TPSA) is 77.2 Å². The van der Waals surface area contributed by atoms with Crippen LogP contribution in [-0.4, -0.2) is 52.6 Å².